The molecule has 35 heavy (non-hydrogen) atoms. The van der Waals surface area contributed by atoms with E-state index < -0.39 is 25.0 Å². The third-order valence-corrected chi connectivity index (χ3v) is 5.61. The summed E-state index contributed by atoms with van der Waals surface area (Å²) in [7, 11) is 0. The largest absolute Gasteiger partial charge is 2.00 e. The fraction of sp³-hybridized carbons (Fsp3) is 0.333. The van der Waals surface area contributed by atoms with Crippen LogP contribution >= 0.6 is 0 Å². The van der Waals surface area contributed by atoms with E-state index in [1.165, 1.54) is 11.1 Å². The van der Waals surface area contributed by atoms with Gasteiger partial charge in [0.1, 0.15) is 0 Å². The fourth-order valence-electron chi connectivity index (χ4n) is 3.84. The Balaban J connectivity index is 0.000000240. The van der Waals surface area contributed by atoms with Crippen LogP contribution in [0.4, 0.5) is 0 Å². The summed E-state index contributed by atoms with van der Waals surface area (Å²) in [6, 6.07) is 15.0. The summed E-state index contributed by atoms with van der Waals surface area (Å²) in [5, 5.41) is 31.3. The summed E-state index contributed by atoms with van der Waals surface area (Å²) in [5.41, 5.74) is 4.60. The number of amides is 2. The molecule has 0 spiro atoms. The van der Waals surface area contributed by atoms with Crippen molar-refractivity contribution in [3.63, 3.8) is 0 Å². The number of hydrogen-bond donors (Lipinski definition) is 4. The van der Waals surface area contributed by atoms with Gasteiger partial charge in [-0.1, -0.05) is 48.5 Å². The second kappa shape index (κ2) is 13.6. The molecule has 0 unspecified atom stereocenters. The van der Waals surface area contributed by atoms with Gasteiger partial charge >= 0.3 is 17.1 Å². The Labute approximate surface area is 213 Å². The van der Waals surface area contributed by atoms with Crippen molar-refractivity contribution in [1.82, 2.24) is 21.3 Å². The molecule has 0 aliphatic carbocycles. The number of aliphatic carboxylic acids is 2. The number of rotatable bonds is 6. The second-order valence-electron chi connectivity index (χ2n) is 7.99. The Kier molecular flexibility index (Phi) is 10.9. The minimum absolute atomic E-state index is 0. The van der Waals surface area contributed by atoms with Gasteiger partial charge in [0.05, 0.1) is 37.1 Å². The predicted molar refractivity (Wildman–Crippen MR) is 118 cm³/mol. The molecule has 0 bridgehead atoms. The molecule has 189 valence electrons. The molecule has 10 nitrogen and oxygen atoms in total. The minimum Gasteiger partial charge on any atom is -0.548 e. The zero-order valence-corrected chi connectivity index (χ0v) is 19.7. The van der Waals surface area contributed by atoms with E-state index in [0.717, 1.165) is 11.1 Å². The molecule has 2 aromatic carbocycles. The van der Waals surface area contributed by atoms with Crippen molar-refractivity contribution >= 4 is 23.8 Å². The average Bonchev–Trinajstić information content (AvgIpc) is 2.85. The van der Waals surface area contributed by atoms with Gasteiger partial charge < -0.3 is 41.1 Å². The van der Waals surface area contributed by atoms with E-state index in [4.69, 9.17) is 0 Å². The van der Waals surface area contributed by atoms with E-state index in [0.29, 0.717) is 25.9 Å². The van der Waals surface area contributed by atoms with Gasteiger partial charge in [-0.25, -0.2) is 0 Å². The van der Waals surface area contributed by atoms with Crippen LogP contribution in [0.5, 0.6) is 0 Å². The number of carboxylic acids is 2. The van der Waals surface area contributed by atoms with Crippen molar-refractivity contribution in [2.75, 3.05) is 13.1 Å². The van der Waals surface area contributed by atoms with Crippen LogP contribution in [0.1, 0.15) is 22.3 Å². The molecule has 2 amide bonds. The van der Waals surface area contributed by atoms with Crippen LogP contribution in [0.15, 0.2) is 48.5 Å². The molecule has 4 rings (SSSR count). The maximum absolute atomic E-state index is 11.6. The molecule has 0 saturated carbocycles. The summed E-state index contributed by atoms with van der Waals surface area (Å²) in [6.07, 6.45) is 1.16. The number of hydrogen-bond acceptors (Lipinski definition) is 8. The molecule has 2 heterocycles. The van der Waals surface area contributed by atoms with E-state index in [9.17, 15) is 29.4 Å². The third-order valence-electron chi connectivity index (χ3n) is 5.61. The third kappa shape index (κ3) is 8.48. The van der Waals surface area contributed by atoms with Crippen LogP contribution in [-0.4, -0.2) is 48.9 Å². The smallest absolute Gasteiger partial charge is 0.548 e. The number of carboxylic acid groups (broad SMARTS) is 2. The Morgan fingerprint density at radius 2 is 1.03 bits per heavy atom. The molecule has 0 saturated heterocycles. The molecule has 2 aliphatic heterocycles. The molecule has 2 aliphatic rings. The van der Waals surface area contributed by atoms with Crippen molar-refractivity contribution in [1.29, 1.82) is 0 Å². The van der Waals surface area contributed by atoms with Crippen LogP contribution < -0.4 is 31.5 Å². The second-order valence-corrected chi connectivity index (χ2v) is 7.99. The monoisotopic (exact) mass is 529 g/mol. The predicted octanol–water partition coefficient (Wildman–Crippen LogP) is -2.87. The molecule has 0 aromatic heterocycles. The van der Waals surface area contributed by atoms with Gasteiger partial charge in [-0.2, -0.15) is 0 Å². The summed E-state index contributed by atoms with van der Waals surface area (Å²) < 4.78 is 0. The molecule has 2 atom stereocenters. The molecule has 1 radical (unpaired) electrons. The van der Waals surface area contributed by atoms with E-state index >= 15 is 0 Å². The van der Waals surface area contributed by atoms with Crippen molar-refractivity contribution in [3.05, 3.63) is 70.8 Å². The number of carbonyl (C=O) groups excluding carboxylic acids is 4. The first-order chi connectivity index (χ1) is 16.3. The van der Waals surface area contributed by atoms with Gasteiger partial charge in [0.15, 0.2) is 0 Å². The molecule has 2 aromatic rings. The van der Waals surface area contributed by atoms with Crippen LogP contribution in [-0.2, 0) is 62.2 Å². The Morgan fingerprint density at radius 3 is 1.37 bits per heavy atom. The molecule has 11 heteroatoms. The van der Waals surface area contributed by atoms with E-state index in [1.54, 1.807) is 0 Å². The first-order valence-electron chi connectivity index (χ1n) is 10.9. The standard InChI is InChI=1S/2C12H14N2O3.Cu/c2*15-11(16)7-14-12(17)10-5-8-3-1-2-4-9(8)6-13-10;/h2*1-4,10,13H,5-7H2,(H,14,17)(H,15,16);/q;;+2/p-2/t2*10-;/m00./s1. The topological polar surface area (TPSA) is 163 Å². The van der Waals surface area contributed by atoms with Gasteiger partial charge in [-0.05, 0) is 35.1 Å². The average molecular weight is 530 g/mol. The minimum atomic E-state index is -1.28. The van der Waals surface area contributed by atoms with Crippen LogP contribution in [0.2, 0.25) is 0 Å². The molecular formula is C24H26CuN4O6. The number of benzene rings is 2. The Bertz CT molecular complexity index is 980. The van der Waals surface area contributed by atoms with E-state index in [1.807, 2.05) is 48.5 Å². The SMILES string of the molecule is O=C([O-])CNC(=O)[C@@H]1Cc2ccccc2CN1.O=C([O-])CNC(=O)[C@@H]1Cc2ccccc2CN1.[Cu+2]. The van der Waals surface area contributed by atoms with Crippen molar-refractivity contribution in [2.45, 2.75) is 38.0 Å². The summed E-state index contributed by atoms with van der Waals surface area (Å²) in [6.45, 7) is 0.358. The van der Waals surface area contributed by atoms with Crippen molar-refractivity contribution in [2.24, 2.45) is 0 Å². The Morgan fingerprint density at radius 1 is 0.686 bits per heavy atom. The summed E-state index contributed by atoms with van der Waals surface area (Å²) in [5.74, 6) is -3.17. The van der Waals surface area contributed by atoms with Gasteiger partial charge in [0.25, 0.3) is 0 Å². The maximum atomic E-state index is 11.6. The van der Waals surface area contributed by atoms with Gasteiger partial charge in [0.2, 0.25) is 11.8 Å². The van der Waals surface area contributed by atoms with Crippen molar-refractivity contribution < 1.29 is 46.5 Å². The summed E-state index contributed by atoms with van der Waals surface area (Å²) >= 11 is 0. The zero-order valence-electron chi connectivity index (χ0n) is 18.8. The molecular weight excluding hydrogens is 504 g/mol. The first kappa shape index (κ1) is 28.0. The Hall–Kier alpha value is -3.24. The van der Waals surface area contributed by atoms with E-state index in [2.05, 4.69) is 21.3 Å². The van der Waals surface area contributed by atoms with Gasteiger partial charge in [-0.3, -0.25) is 9.59 Å². The normalized spacial score (nSPS) is 17.7. The number of carbonyl (C=O) groups is 4. The first-order valence-corrected chi connectivity index (χ1v) is 10.9. The van der Waals surface area contributed by atoms with Gasteiger partial charge in [0, 0.05) is 13.1 Å². The van der Waals surface area contributed by atoms with Gasteiger partial charge in [-0.15, -0.1) is 0 Å². The summed E-state index contributed by atoms with van der Waals surface area (Å²) in [4.78, 5) is 43.8. The van der Waals surface area contributed by atoms with Crippen LogP contribution in [0.25, 0.3) is 0 Å². The zero-order chi connectivity index (χ0) is 24.5. The molecule has 4 N–H and O–H groups in total. The molecule has 0 fully saturated rings. The maximum Gasteiger partial charge on any atom is 2.00 e. The number of nitrogens with one attached hydrogen (secondary N) is 4. The van der Waals surface area contributed by atoms with Crippen LogP contribution in [0.3, 0.4) is 0 Å². The fourth-order valence-corrected chi connectivity index (χ4v) is 3.84. The quantitative estimate of drug-likeness (QED) is 0.290. The number of fused-ring (bicyclic) bond motifs is 2. The van der Waals surface area contributed by atoms with E-state index in [-0.39, 0.29) is 41.0 Å². The van der Waals surface area contributed by atoms with Crippen LogP contribution in [0, 0.1) is 0 Å². The van der Waals surface area contributed by atoms with Crippen molar-refractivity contribution in [3.8, 4) is 0 Å².